The van der Waals surface area contributed by atoms with Gasteiger partial charge in [0.1, 0.15) is 11.5 Å². The summed E-state index contributed by atoms with van der Waals surface area (Å²) in [5.74, 6) is 0.632. The molecule has 0 bridgehead atoms. The molecule has 7 heteroatoms. The van der Waals surface area contributed by atoms with Gasteiger partial charge in [0.15, 0.2) is 0 Å². The molecule has 0 atom stereocenters. The molecule has 126 valence electrons. The molecule has 3 aromatic heterocycles. The lowest BCUT2D eigenvalue weighted by Gasteiger charge is -2.28. The van der Waals surface area contributed by atoms with Crippen LogP contribution in [-0.2, 0) is 13.0 Å². The van der Waals surface area contributed by atoms with Gasteiger partial charge in [-0.3, -0.25) is 9.78 Å². The van der Waals surface area contributed by atoms with Crippen molar-refractivity contribution in [3.63, 3.8) is 0 Å². The summed E-state index contributed by atoms with van der Waals surface area (Å²) in [4.78, 5) is 28.6. The summed E-state index contributed by atoms with van der Waals surface area (Å²) in [6.45, 7) is 3.68. The highest BCUT2D eigenvalue weighted by atomic mass is 32.1. The first kappa shape index (κ1) is 15.7. The average molecular weight is 351 g/mol. The smallest absolute Gasteiger partial charge is 0.275 e. The van der Waals surface area contributed by atoms with Crippen molar-refractivity contribution < 1.29 is 4.79 Å². The van der Waals surface area contributed by atoms with Crippen LogP contribution in [0.3, 0.4) is 0 Å². The Balaban J connectivity index is 1.44. The molecular formula is C18H17N5OS. The number of thiophene rings is 1. The van der Waals surface area contributed by atoms with Crippen LogP contribution in [0, 0.1) is 6.92 Å². The molecule has 4 heterocycles. The first-order chi connectivity index (χ1) is 12.2. The number of pyridine rings is 1. The highest BCUT2D eigenvalue weighted by Gasteiger charge is 2.18. The maximum absolute atomic E-state index is 12.2. The summed E-state index contributed by atoms with van der Waals surface area (Å²) in [6, 6.07) is 5.99. The van der Waals surface area contributed by atoms with Crippen LogP contribution in [0.1, 0.15) is 26.6 Å². The Morgan fingerprint density at radius 2 is 2.08 bits per heavy atom. The quantitative estimate of drug-likeness (QED) is 0.785. The van der Waals surface area contributed by atoms with Gasteiger partial charge < -0.3 is 10.2 Å². The van der Waals surface area contributed by atoms with Crippen LogP contribution in [0.2, 0.25) is 0 Å². The van der Waals surface area contributed by atoms with Crippen molar-refractivity contribution in [2.75, 3.05) is 16.8 Å². The molecule has 1 N–H and O–H groups in total. The van der Waals surface area contributed by atoms with Crippen molar-refractivity contribution in [1.29, 1.82) is 0 Å². The van der Waals surface area contributed by atoms with E-state index < -0.39 is 0 Å². The number of aryl methyl sites for hydroxylation is 1. The van der Waals surface area contributed by atoms with Gasteiger partial charge >= 0.3 is 0 Å². The van der Waals surface area contributed by atoms with Crippen molar-refractivity contribution in [1.82, 2.24) is 15.0 Å². The predicted octanol–water partition coefficient (Wildman–Crippen LogP) is 3.06. The monoisotopic (exact) mass is 351 g/mol. The third-order valence-corrected chi connectivity index (χ3v) is 5.17. The number of amides is 1. The topological polar surface area (TPSA) is 71.0 Å². The molecule has 0 saturated carbocycles. The van der Waals surface area contributed by atoms with Gasteiger partial charge in [0.2, 0.25) is 0 Å². The van der Waals surface area contributed by atoms with Crippen molar-refractivity contribution in [2.45, 2.75) is 19.9 Å². The molecule has 25 heavy (non-hydrogen) atoms. The number of nitrogens with one attached hydrogen (secondary N) is 1. The normalized spacial score (nSPS) is 13.4. The lowest BCUT2D eigenvalue weighted by atomic mass is 10.1. The van der Waals surface area contributed by atoms with E-state index in [4.69, 9.17) is 0 Å². The van der Waals surface area contributed by atoms with E-state index in [0.717, 1.165) is 31.0 Å². The Morgan fingerprint density at radius 1 is 1.16 bits per heavy atom. The van der Waals surface area contributed by atoms with E-state index in [1.165, 1.54) is 16.6 Å². The molecule has 0 spiro atoms. The standard InChI is InChI=1S/C18H17N5OS/c1-12-8-20-15(10-19-12)18(24)22-14-2-3-17(21-9-14)23-6-4-16-13(11-23)5-7-25-16/h2-3,5,7-10H,4,6,11H2,1H3,(H,22,24). The van der Waals surface area contributed by atoms with Crippen molar-refractivity contribution in [3.05, 3.63) is 64.0 Å². The summed E-state index contributed by atoms with van der Waals surface area (Å²) in [5, 5.41) is 4.95. The van der Waals surface area contributed by atoms with E-state index in [1.807, 2.05) is 30.4 Å². The van der Waals surface area contributed by atoms with E-state index in [1.54, 1.807) is 12.4 Å². The van der Waals surface area contributed by atoms with Gasteiger partial charge in [0.05, 0.1) is 23.8 Å². The number of carbonyl (C=O) groups excluding carboxylic acids is 1. The fraction of sp³-hybridized carbons (Fsp3) is 0.222. The highest BCUT2D eigenvalue weighted by Crippen LogP contribution is 2.27. The van der Waals surface area contributed by atoms with E-state index in [0.29, 0.717) is 5.69 Å². The fourth-order valence-corrected chi connectivity index (χ4v) is 3.69. The minimum atomic E-state index is -0.289. The maximum Gasteiger partial charge on any atom is 0.275 e. The van der Waals surface area contributed by atoms with E-state index in [9.17, 15) is 4.79 Å². The van der Waals surface area contributed by atoms with Crippen molar-refractivity contribution in [3.8, 4) is 0 Å². The first-order valence-corrected chi connectivity index (χ1v) is 8.93. The van der Waals surface area contributed by atoms with Crippen LogP contribution in [0.4, 0.5) is 11.5 Å². The van der Waals surface area contributed by atoms with Crippen LogP contribution < -0.4 is 10.2 Å². The zero-order valence-corrected chi connectivity index (χ0v) is 14.6. The summed E-state index contributed by atoms with van der Waals surface area (Å²) in [7, 11) is 0. The number of anilines is 2. The molecule has 0 aliphatic carbocycles. The third kappa shape index (κ3) is 3.36. The van der Waals surface area contributed by atoms with E-state index in [2.05, 4.69) is 36.6 Å². The Bertz CT molecular complexity index is 889. The Labute approximate surface area is 149 Å². The molecule has 6 nitrogen and oxygen atoms in total. The molecule has 4 rings (SSSR count). The van der Waals surface area contributed by atoms with E-state index >= 15 is 0 Å². The summed E-state index contributed by atoms with van der Waals surface area (Å²) >= 11 is 1.83. The van der Waals surface area contributed by atoms with E-state index in [-0.39, 0.29) is 11.6 Å². The van der Waals surface area contributed by atoms with Crippen LogP contribution in [0.15, 0.2) is 42.2 Å². The average Bonchev–Trinajstić information content (AvgIpc) is 3.10. The lowest BCUT2D eigenvalue weighted by molar-refractivity contribution is 0.102. The molecule has 0 aromatic carbocycles. The number of fused-ring (bicyclic) bond motifs is 1. The van der Waals surface area contributed by atoms with Gasteiger partial charge in [-0.15, -0.1) is 11.3 Å². The zero-order valence-electron chi connectivity index (χ0n) is 13.8. The Hall–Kier alpha value is -2.80. The number of nitrogens with zero attached hydrogens (tertiary/aromatic N) is 4. The maximum atomic E-state index is 12.2. The van der Waals surface area contributed by atoms with Crippen molar-refractivity contribution in [2.24, 2.45) is 0 Å². The molecule has 0 fully saturated rings. The Kier molecular flexibility index (Phi) is 4.15. The molecule has 1 aliphatic heterocycles. The van der Waals surface area contributed by atoms with Crippen molar-refractivity contribution >= 4 is 28.7 Å². The van der Waals surface area contributed by atoms with Crippen LogP contribution in [0.25, 0.3) is 0 Å². The number of rotatable bonds is 3. The Morgan fingerprint density at radius 3 is 2.84 bits per heavy atom. The van der Waals surface area contributed by atoms with Gasteiger partial charge in [-0.25, -0.2) is 9.97 Å². The van der Waals surface area contributed by atoms with Crippen LogP contribution in [0.5, 0.6) is 0 Å². The lowest BCUT2D eigenvalue weighted by Crippen LogP contribution is -2.30. The van der Waals surface area contributed by atoms with Gasteiger partial charge in [-0.1, -0.05) is 0 Å². The molecule has 1 aliphatic rings. The molecule has 0 unspecified atom stereocenters. The molecule has 3 aromatic rings. The SMILES string of the molecule is Cc1cnc(C(=O)Nc2ccc(N3CCc4sccc4C3)nc2)cn1. The second-order valence-corrected chi connectivity index (χ2v) is 6.94. The summed E-state index contributed by atoms with van der Waals surface area (Å²) < 4.78 is 0. The summed E-state index contributed by atoms with van der Waals surface area (Å²) in [6.07, 6.45) is 5.78. The summed E-state index contributed by atoms with van der Waals surface area (Å²) in [5.41, 5.74) is 3.09. The minimum Gasteiger partial charge on any atom is -0.352 e. The minimum absolute atomic E-state index is 0.288. The van der Waals surface area contributed by atoms with Crippen LogP contribution >= 0.6 is 11.3 Å². The fourth-order valence-electron chi connectivity index (χ4n) is 2.80. The van der Waals surface area contributed by atoms with Gasteiger partial charge in [-0.05, 0) is 42.5 Å². The van der Waals surface area contributed by atoms with Gasteiger partial charge in [-0.2, -0.15) is 0 Å². The number of carbonyl (C=O) groups is 1. The number of hydrogen-bond donors (Lipinski definition) is 1. The second-order valence-electron chi connectivity index (χ2n) is 5.94. The second kappa shape index (κ2) is 6.60. The van der Waals surface area contributed by atoms with Crippen LogP contribution in [-0.4, -0.2) is 27.4 Å². The van der Waals surface area contributed by atoms with Gasteiger partial charge in [0, 0.05) is 24.2 Å². The highest BCUT2D eigenvalue weighted by molar-refractivity contribution is 7.10. The molecule has 0 saturated heterocycles. The zero-order chi connectivity index (χ0) is 17.2. The molecule has 0 radical (unpaired) electrons. The predicted molar refractivity (Wildman–Crippen MR) is 98.0 cm³/mol. The third-order valence-electron chi connectivity index (χ3n) is 4.15. The molecular weight excluding hydrogens is 334 g/mol. The molecule has 1 amide bonds. The first-order valence-electron chi connectivity index (χ1n) is 8.05. The largest absolute Gasteiger partial charge is 0.352 e. The van der Waals surface area contributed by atoms with Gasteiger partial charge in [0.25, 0.3) is 5.91 Å². The number of hydrogen-bond acceptors (Lipinski definition) is 6. The number of aromatic nitrogens is 3.